The van der Waals surface area contributed by atoms with E-state index in [1.165, 1.54) is 5.56 Å². The molecular weight excluding hydrogens is 272 g/mol. The second kappa shape index (κ2) is 7.63. The minimum atomic E-state index is 0.261. The molecule has 1 N–H and O–H groups in total. The van der Waals surface area contributed by atoms with Crippen molar-refractivity contribution >= 4 is 0 Å². The molecule has 0 amide bonds. The number of methoxy groups -OCH3 is 1. The summed E-state index contributed by atoms with van der Waals surface area (Å²) in [5.74, 6) is 1.33. The third-order valence-electron chi connectivity index (χ3n) is 3.72. The first kappa shape index (κ1) is 16.1. The van der Waals surface area contributed by atoms with Crippen molar-refractivity contribution in [1.82, 2.24) is 5.32 Å². The molecule has 2 aromatic rings. The SMILES string of the molecule is COc1ccc([C@H](NCc2cccc(C#N)c2)C(C)C)cc1. The van der Waals surface area contributed by atoms with Gasteiger partial charge in [0.2, 0.25) is 0 Å². The van der Waals surface area contributed by atoms with Crippen LogP contribution in [0.3, 0.4) is 0 Å². The summed E-state index contributed by atoms with van der Waals surface area (Å²) in [5, 5.41) is 12.6. The number of hydrogen-bond acceptors (Lipinski definition) is 3. The summed E-state index contributed by atoms with van der Waals surface area (Å²) in [4.78, 5) is 0. The maximum absolute atomic E-state index is 8.97. The Morgan fingerprint density at radius 3 is 2.45 bits per heavy atom. The molecule has 22 heavy (non-hydrogen) atoms. The van der Waals surface area contributed by atoms with Crippen LogP contribution in [0, 0.1) is 17.2 Å². The Bertz CT molecular complexity index is 641. The van der Waals surface area contributed by atoms with Gasteiger partial charge >= 0.3 is 0 Å². The molecule has 0 unspecified atom stereocenters. The van der Waals surface area contributed by atoms with Crippen molar-refractivity contribution in [3.63, 3.8) is 0 Å². The number of benzene rings is 2. The second-order valence-electron chi connectivity index (χ2n) is 5.69. The Morgan fingerprint density at radius 1 is 1.14 bits per heavy atom. The molecule has 0 aliphatic heterocycles. The van der Waals surface area contributed by atoms with Gasteiger partial charge in [-0.05, 0) is 41.3 Å². The van der Waals surface area contributed by atoms with Gasteiger partial charge in [0.05, 0.1) is 18.7 Å². The molecule has 114 valence electrons. The zero-order chi connectivity index (χ0) is 15.9. The van der Waals surface area contributed by atoms with E-state index in [4.69, 9.17) is 10.00 Å². The Balaban J connectivity index is 2.09. The molecule has 2 aromatic carbocycles. The summed E-state index contributed by atoms with van der Waals surface area (Å²) in [5.41, 5.74) is 3.07. The minimum Gasteiger partial charge on any atom is -0.497 e. The average molecular weight is 294 g/mol. The van der Waals surface area contributed by atoms with E-state index in [0.29, 0.717) is 11.5 Å². The summed E-state index contributed by atoms with van der Waals surface area (Å²) in [6.45, 7) is 5.14. The van der Waals surface area contributed by atoms with Gasteiger partial charge in [0.1, 0.15) is 5.75 Å². The fourth-order valence-corrected chi connectivity index (χ4v) is 2.53. The van der Waals surface area contributed by atoms with Crippen molar-refractivity contribution in [3.8, 4) is 11.8 Å². The number of ether oxygens (including phenoxy) is 1. The lowest BCUT2D eigenvalue weighted by Gasteiger charge is -2.23. The van der Waals surface area contributed by atoms with Crippen LogP contribution >= 0.6 is 0 Å². The highest BCUT2D eigenvalue weighted by Gasteiger charge is 2.15. The monoisotopic (exact) mass is 294 g/mol. The molecular formula is C19H22N2O. The van der Waals surface area contributed by atoms with Crippen LogP contribution < -0.4 is 10.1 Å². The van der Waals surface area contributed by atoms with Crippen LogP contribution in [0.5, 0.6) is 5.75 Å². The zero-order valence-corrected chi connectivity index (χ0v) is 13.3. The van der Waals surface area contributed by atoms with Gasteiger partial charge in [-0.3, -0.25) is 0 Å². The van der Waals surface area contributed by atoms with Gasteiger partial charge in [0.25, 0.3) is 0 Å². The molecule has 0 bridgehead atoms. The highest BCUT2D eigenvalue weighted by molar-refractivity contribution is 5.33. The predicted molar refractivity (Wildman–Crippen MR) is 88.6 cm³/mol. The van der Waals surface area contributed by atoms with Crippen LogP contribution in [0.15, 0.2) is 48.5 Å². The smallest absolute Gasteiger partial charge is 0.118 e. The number of nitriles is 1. The van der Waals surface area contributed by atoms with Crippen LogP contribution in [0.4, 0.5) is 0 Å². The van der Waals surface area contributed by atoms with E-state index in [0.717, 1.165) is 17.9 Å². The second-order valence-corrected chi connectivity index (χ2v) is 5.69. The molecule has 0 spiro atoms. The van der Waals surface area contributed by atoms with Crippen molar-refractivity contribution < 1.29 is 4.74 Å². The molecule has 0 saturated heterocycles. The number of nitrogens with one attached hydrogen (secondary N) is 1. The molecule has 0 fully saturated rings. The highest BCUT2D eigenvalue weighted by Crippen LogP contribution is 2.24. The lowest BCUT2D eigenvalue weighted by Crippen LogP contribution is -2.25. The van der Waals surface area contributed by atoms with E-state index in [-0.39, 0.29) is 6.04 Å². The number of rotatable bonds is 6. The van der Waals surface area contributed by atoms with E-state index in [2.05, 4.69) is 37.4 Å². The Hall–Kier alpha value is -2.31. The maximum Gasteiger partial charge on any atom is 0.118 e. The van der Waals surface area contributed by atoms with Crippen molar-refractivity contribution in [3.05, 3.63) is 65.2 Å². The third-order valence-corrected chi connectivity index (χ3v) is 3.72. The van der Waals surface area contributed by atoms with Gasteiger partial charge in [0, 0.05) is 12.6 Å². The molecule has 3 heteroatoms. The lowest BCUT2D eigenvalue weighted by molar-refractivity contribution is 0.404. The van der Waals surface area contributed by atoms with Crippen molar-refractivity contribution in [2.24, 2.45) is 5.92 Å². The predicted octanol–water partition coefficient (Wildman–Crippen LogP) is 4.05. The first-order valence-corrected chi connectivity index (χ1v) is 7.50. The molecule has 0 heterocycles. The summed E-state index contributed by atoms with van der Waals surface area (Å²) < 4.78 is 5.21. The zero-order valence-electron chi connectivity index (χ0n) is 13.3. The number of nitrogens with zero attached hydrogens (tertiary/aromatic N) is 1. The van der Waals surface area contributed by atoms with E-state index < -0.39 is 0 Å². The summed E-state index contributed by atoms with van der Waals surface area (Å²) >= 11 is 0. The standard InChI is InChI=1S/C19H22N2O/c1-14(2)19(17-7-9-18(22-3)10-8-17)21-13-16-6-4-5-15(11-16)12-20/h4-11,14,19,21H,13H2,1-3H3/t19-/m1/s1. The molecule has 3 nitrogen and oxygen atoms in total. The third kappa shape index (κ3) is 4.09. The van der Waals surface area contributed by atoms with E-state index in [9.17, 15) is 0 Å². The first-order chi connectivity index (χ1) is 10.6. The summed E-state index contributed by atoms with van der Waals surface area (Å²) in [6, 6.07) is 18.3. The quantitative estimate of drug-likeness (QED) is 0.874. The molecule has 0 saturated carbocycles. The van der Waals surface area contributed by atoms with E-state index >= 15 is 0 Å². The van der Waals surface area contributed by atoms with E-state index in [1.54, 1.807) is 7.11 Å². The summed E-state index contributed by atoms with van der Waals surface area (Å²) in [7, 11) is 1.68. The minimum absolute atomic E-state index is 0.261. The van der Waals surface area contributed by atoms with Gasteiger partial charge in [0.15, 0.2) is 0 Å². The van der Waals surface area contributed by atoms with Gasteiger partial charge in [-0.1, -0.05) is 38.1 Å². The Kier molecular flexibility index (Phi) is 5.57. The fraction of sp³-hybridized carbons (Fsp3) is 0.316. The van der Waals surface area contributed by atoms with Gasteiger partial charge in [-0.25, -0.2) is 0 Å². The topological polar surface area (TPSA) is 45.0 Å². The molecule has 0 aliphatic carbocycles. The van der Waals surface area contributed by atoms with Crippen LogP contribution in [-0.4, -0.2) is 7.11 Å². The maximum atomic E-state index is 8.97. The van der Waals surface area contributed by atoms with Crippen molar-refractivity contribution in [2.75, 3.05) is 7.11 Å². The van der Waals surface area contributed by atoms with E-state index in [1.807, 2.05) is 36.4 Å². The number of hydrogen-bond donors (Lipinski definition) is 1. The highest BCUT2D eigenvalue weighted by atomic mass is 16.5. The lowest BCUT2D eigenvalue weighted by atomic mass is 9.95. The van der Waals surface area contributed by atoms with Gasteiger partial charge < -0.3 is 10.1 Å². The molecule has 0 aliphatic rings. The van der Waals surface area contributed by atoms with Gasteiger partial charge in [-0.2, -0.15) is 5.26 Å². The molecule has 2 rings (SSSR count). The average Bonchev–Trinajstić information content (AvgIpc) is 2.55. The van der Waals surface area contributed by atoms with Crippen LogP contribution in [0.1, 0.15) is 36.6 Å². The van der Waals surface area contributed by atoms with Crippen molar-refractivity contribution in [2.45, 2.75) is 26.4 Å². The normalized spacial score (nSPS) is 12.0. The largest absolute Gasteiger partial charge is 0.497 e. The van der Waals surface area contributed by atoms with Crippen LogP contribution in [-0.2, 0) is 6.54 Å². The molecule has 1 atom stereocenters. The first-order valence-electron chi connectivity index (χ1n) is 7.50. The van der Waals surface area contributed by atoms with Crippen molar-refractivity contribution in [1.29, 1.82) is 5.26 Å². The Morgan fingerprint density at radius 2 is 1.86 bits per heavy atom. The molecule has 0 radical (unpaired) electrons. The molecule has 0 aromatic heterocycles. The van der Waals surface area contributed by atoms with Crippen LogP contribution in [0.2, 0.25) is 0 Å². The van der Waals surface area contributed by atoms with Crippen LogP contribution in [0.25, 0.3) is 0 Å². The summed E-state index contributed by atoms with van der Waals surface area (Å²) in [6.07, 6.45) is 0. The fourth-order valence-electron chi connectivity index (χ4n) is 2.53. The van der Waals surface area contributed by atoms with Gasteiger partial charge in [-0.15, -0.1) is 0 Å². The Labute approximate surface area is 132 Å².